The zero-order chi connectivity index (χ0) is 16.4. The predicted octanol–water partition coefficient (Wildman–Crippen LogP) is 2.85. The third-order valence-electron chi connectivity index (χ3n) is 3.59. The van der Waals surface area contributed by atoms with E-state index in [2.05, 4.69) is 5.32 Å². The van der Waals surface area contributed by atoms with Gasteiger partial charge in [-0.25, -0.2) is 4.79 Å². The van der Waals surface area contributed by atoms with E-state index >= 15 is 0 Å². The molecular formula is C16H17ClN2O3. The van der Waals surface area contributed by atoms with Crippen LogP contribution in [-0.2, 0) is 11.8 Å². The van der Waals surface area contributed by atoms with Crippen molar-refractivity contribution in [1.82, 2.24) is 9.88 Å². The van der Waals surface area contributed by atoms with Crippen LogP contribution in [0.4, 0.5) is 0 Å². The number of nitrogens with zero attached hydrogens (tertiary/aromatic N) is 1. The van der Waals surface area contributed by atoms with Crippen LogP contribution in [0.5, 0.6) is 0 Å². The Morgan fingerprint density at radius 2 is 1.91 bits per heavy atom. The van der Waals surface area contributed by atoms with Gasteiger partial charge in [0, 0.05) is 13.2 Å². The Kier molecular flexibility index (Phi) is 4.56. The van der Waals surface area contributed by atoms with Gasteiger partial charge in [0.15, 0.2) is 6.04 Å². The third kappa shape index (κ3) is 3.31. The molecule has 1 amide bonds. The van der Waals surface area contributed by atoms with Gasteiger partial charge in [0.1, 0.15) is 5.69 Å². The molecule has 22 heavy (non-hydrogen) atoms. The van der Waals surface area contributed by atoms with Gasteiger partial charge in [-0.15, -0.1) is 0 Å². The molecule has 0 fully saturated rings. The Hall–Kier alpha value is -2.27. The highest BCUT2D eigenvalue weighted by Crippen LogP contribution is 2.19. The number of amides is 1. The van der Waals surface area contributed by atoms with Crippen molar-refractivity contribution in [3.8, 4) is 0 Å². The standard InChI is InChI=1S/C16H17ClN2O3/c1-9-4-5-11(6-10(9)2)14(16(21)22)18-15(20)13-7-12(17)8-19(13)3/h4-8,14H,1-3H3,(H,18,20)(H,21,22). The SMILES string of the molecule is Cc1ccc(C(NC(=O)c2cc(Cl)cn2C)C(=O)O)cc1C. The summed E-state index contributed by atoms with van der Waals surface area (Å²) >= 11 is 5.85. The molecule has 1 atom stereocenters. The first-order valence-corrected chi connectivity index (χ1v) is 7.10. The minimum atomic E-state index is -1.11. The van der Waals surface area contributed by atoms with E-state index in [1.165, 1.54) is 6.07 Å². The Morgan fingerprint density at radius 1 is 1.23 bits per heavy atom. The minimum Gasteiger partial charge on any atom is -0.479 e. The Balaban J connectivity index is 2.29. The molecule has 2 N–H and O–H groups in total. The maximum Gasteiger partial charge on any atom is 0.330 e. The molecule has 0 spiro atoms. The van der Waals surface area contributed by atoms with Crippen molar-refractivity contribution in [1.29, 1.82) is 0 Å². The highest BCUT2D eigenvalue weighted by atomic mass is 35.5. The van der Waals surface area contributed by atoms with Crippen molar-refractivity contribution in [2.75, 3.05) is 0 Å². The van der Waals surface area contributed by atoms with Gasteiger partial charge in [0.05, 0.1) is 5.02 Å². The summed E-state index contributed by atoms with van der Waals surface area (Å²) in [6.07, 6.45) is 1.59. The van der Waals surface area contributed by atoms with Crippen LogP contribution in [0.25, 0.3) is 0 Å². The lowest BCUT2D eigenvalue weighted by atomic mass is 10.0. The summed E-state index contributed by atoms with van der Waals surface area (Å²) in [4.78, 5) is 23.8. The first-order chi connectivity index (χ1) is 10.3. The molecule has 0 aliphatic heterocycles. The monoisotopic (exact) mass is 320 g/mol. The maximum absolute atomic E-state index is 12.3. The normalized spacial score (nSPS) is 12.0. The van der Waals surface area contributed by atoms with Crippen molar-refractivity contribution >= 4 is 23.5 Å². The fourth-order valence-corrected chi connectivity index (χ4v) is 2.44. The van der Waals surface area contributed by atoms with E-state index < -0.39 is 17.9 Å². The summed E-state index contributed by atoms with van der Waals surface area (Å²) in [5.74, 6) is -1.60. The van der Waals surface area contributed by atoms with Gasteiger partial charge >= 0.3 is 5.97 Å². The Morgan fingerprint density at radius 3 is 2.41 bits per heavy atom. The van der Waals surface area contributed by atoms with Crippen LogP contribution in [0, 0.1) is 13.8 Å². The topological polar surface area (TPSA) is 71.3 Å². The van der Waals surface area contributed by atoms with Gasteiger partial charge in [0.25, 0.3) is 5.91 Å². The number of hydrogen-bond donors (Lipinski definition) is 2. The number of aryl methyl sites for hydroxylation is 3. The number of aliphatic carboxylic acids is 1. The van der Waals surface area contributed by atoms with Crippen LogP contribution in [0.2, 0.25) is 5.02 Å². The smallest absolute Gasteiger partial charge is 0.330 e. The summed E-state index contributed by atoms with van der Waals surface area (Å²) in [6, 6.07) is 5.70. The molecular weight excluding hydrogens is 304 g/mol. The molecule has 2 rings (SSSR count). The van der Waals surface area contributed by atoms with E-state index in [0.29, 0.717) is 16.3 Å². The lowest BCUT2D eigenvalue weighted by Crippen LogP contribution is -2.34. The quantitative estimate of drug-likeness (QED) is 0.910. The number of rotatable bonds is 4. The average molecular weight is 321 g/mol. The van der Waals surface area contributed by atoms with Crippen molar-refractivity contribution in [3.05, 3.63) is 57.9 Å². The van der Waals surface area contributed by atoms with Crippen molar-refractivity contribution in [2.24, 2.45) is 7.05 Å². The van der Waals surface area contributed by atoms with Crippen LogP contribution in [-0.4, -0.2) is 21.6 Å². The van der Waals surface area contributed by atoms with Gasteiger partial charge in [-0.3, -0.25) is 4.79 Å². The number of benzene rings is 1. The molecule has 0 radical (unpaired) electrons. The van der Waals surface area contributed by atoms with Crippen molar-refractivity contribution in [3.63, 3.8) is 0 Å². The molecule has 2 aromatic rings. The number of halogens is 1. The summed E-state index contributed by atoms with van der Waals surface area (Å²) in [7, 11) is 1.67. The van der Waals surface area contributed by atoms with Crippen LogP contribution < -0.4 is 5.32 Å². The van der Waals surface area contributed by atoms with Crippen LogP contribution in [0.15, 0.2) is 30.5 Å². The molecule has 0 saturated heterocycles. The van der Waals surface area contributed by atoms with Crippen molar-refractivity contribution < 1.29 is 14.7 Å². The maximum atomic E-state index is 12.3. The first kappa shape index (κ1) is 16.1. The first-order valence-electron chi connectivity index (χ1n) is 6.72. The van der Waals surface area contributed by atoms with E-state index in [0.717, 1.165) is 11.1 Å². The fraction of sp³-hybridized carbons (Fsp3) is 0.250. The number of carboxylic acids is 1. The summed E-state index contributed by atoms with van der Waals surface area (Å²) in [5, 5.41) is 12.4. The largest absolute Gasteiger partial charge is 0.479 e. The van der Waals surface area contributed by atoms with Gasteiger partial charge < -0.3 is 15.0 Å². The lowest BCUT2D eigenvalue weighted by Gasteiger charge is -2.16. The van der Waals surface area contributed by atoms with E-state index in [4.69, 9.17) is 11.6 Å². The Bertz CT molecular complexity index is 737. The fourth-order valence-electron chi connectivity index (χ4n) is 2.19. The second-order valence-corrected chi connectivity index (χ2v) is 5.68. The molecule has 0 bridgehead atoms. The van der Waals surface area contributed by atoms with Gasteiger partial charge in [-0.05, 0) is 36.6 Å². The van der Waals surface area contributed by atoms with E-state index in [9.17, 15) is 14.7 Å². The molecule has 1 heterocycles. The van der Waals surface area contributed by atoms with E-state index in [1.54, 1.807) is 29.9 Å². The molecule has 5 nitrogen and oxygen atoms in total. The highest BCUT2D eigenvalue weighted by molar-refractivity contribution is 6.31. The molecule has 116 valence electrons. The lowest BCUT2D eigenvalue weighted by molar-refractivity contribution is -0.139. The molecule has 6 heteroatoms. The van der Waals surface area contributed by atoms with Gasteiger partial charge in [-0.2, -0.15) is 0 Å². The molecule has 0 aliphatic rings. The van der Waals surface area contributed by atoms with Crippen molar-refractivity contribution in [2.45, 2.75) is 19.9 Å². The second-order valence-electron chi connectivity index (χ2n) is 5.24. The third-order valence-corrected chi connectivity index (χ3v) is 3.80. The zero-order valence-electron chi connectivity index (χ0n) is 12.6. The van der Waals surface area contributed by atoms with Crippen LogP contribution in [0.3, 0.4) is 0 Å². The number of nitrogens with one attached hydrogen (secondary N) is 1. The van der Waals surface area contributed by atoms with Gasteiger partial charge in [0.2, 0.25) is 0 Å². The average Bonchev–Trinajstić information content (AvgIpc) is 2.78. The molecule has 0 aliphatic carbocycles. The molecule has 1 aromatic heterocycles. The predicted molar refractivity (Wildman–Crippen MR) is 84.2 cm³/mol. The number of carbonyl (C=O) groups is 2. The molecule has 1 aromatic carbocycles. The number of carboxylic acid groups (broad SMARTS) is 1. The van der Waals surface area contributed by atoms with E-state index in [1.807, 2.05) is 19.9 Å². The van der Waals surface area contributed by atoms with Crippen LogP contribution in [0.1, 0.15) is 33.2 Å². The molecule has 1 unspecified atom stereocenters. The highest BCUT2D eigenvalue weighted by Gasteiger charge is 2.24. The van der Waals surface area contributed by atoms with Gasteiger partial charge in [-0.1, -0.05) is 29.8 Å². The summed E-state index contributed by atoms with van der Waals surface area (Å²) in [6.45, 7) is 3.84. The number of hydrogen-bond acceptors (Lipinski definition) is 2. The second kappa shape index (κ2) is 6.23. The van der Waals surface area contributed by atoms with E-state index in [-0.39, 0.29) is 0 Å². The molecule has 0 saturated carbocycles. The summed E-state index contributed by atoms with van der Waals surface area (Å²) < 4.78 is 1.55. The number of aromatic nitrogens is 1. The summed E-state index contributed by atoms with van der Waals surface area (Å²) in [5.41, 5.74) is 2.87. The Labute approximate surface area is 133 Å². The van der Waals surface area contributed by atoms with Crippen LogP contribution >= 0.6 is 11.6 Å². The minimum absolute atomic E-state index is 0.306. The number of carbonyl (C=O) groups excluding carboxylic acids is 1. The zero-order valence-corrected chi connectivity index (χ0v) is 13.3.